The van der Waals surface area contributed by atoms with Gasteiger partial charge in [-0.25, -0.2) is 5.14 Å². The van der Waals surface area contributed by atoms with Crippen LogP contribution in [-0.2, 0) is 10.2 Å². The van der Waals surface area contributed by atoms with Crippen LogP contribution < -0.4 is 10.5 Å². The number of nitrogens with one attached hydrogen (secondary N) is 1. The first-order valence-corrected chi connectivity index (χ1v) is 6.14. The predicted molar refractivity (Wildman–Crippen MR) is 52.7 cm³/mol. The average molecular weight is 223 g/mol. The number of hydrogen-bond acceptors (Lipinski definition) is 4. The molecule has 7 heteroatoms. The Morgan fingerprint density at radius 2 is 2.29 bits per heavy atom. The molecule has 84 valence electrons. The molecule has 1 atom stereocenters. The van der Waals surface area contributed by atoms with Crippen molar-refractivity contribution < 1.29 is 13.5 Å². The minimum Gasteiger partial charge on any atom is -0.395 e. The molecule has 1 aliphatic rings. The van der Waals surface area contributed by atoms with Crippen LogP contribution in [0.2, 0.25) is 0 Å². The third-order valence-corrected chi connectivity index (χ3v) is 3.38. The lowest BCUT2D eigenvalue weighted by Crippen LogP contribution is -2.36. The van der Waals surface area contributed by atoms with Crippen LogP contribution in [0.4, 0.5) is 0 Å². The van der Waals surface area contributed by atoms with Gasteiger partial charge in [0.25, 0.3) is 10.2 Å². The molecule has 0 saturated carbocycles. The fourth-order valence-electron chi connectivity index (χ4n) is 1.58. The first kappa shape index (κ1) is 11.9. The summed E-state index contributed by atoms with van der Waals surface area (Å²) in [5.74, 6) is 0.305. The van der Waals surface area contributed by atoms with E-state index in [9.17, 15) is 8.42 Å². The fourth-order valence-corrected chi connectivity index (χ4v) is 2.36. The van der Waals surface area contributed by atoms with Crippen molar-refractivity contribution in [3.05, 3.63) is 0 Å². The van der Waals surface area contributed by atoms with Crippen molar-refractivity contribution in [1.29, 1.82) is 0 Å². The van der Waals surface area contributed by atoms with Crippen molar-refractivity contribution in [2.24, 2.45) is 11.1 Å². The largest absolute Gasteiger partial charge is 0.395 e. The van der Waals surface area contributed by atoms with Crippen LogP contribution in [0.1, 0.15) is 6.42 Å². The maximum atomic E-state index is 11.0. The minimum atomic E-state index is -3.51. The molecule has 1 aliphatic heterocycles. The lowest BCUT2D eigenvalue weighted by atomic mass is 10.1. The summed E-state index contributed by atoms with van der Waals surface area (Å²) >= 11 is 0. The van der Waals surface area contributed by atoms with Crippen LogP contribution in [0.3, 0.4) is 0 Å². The molecule has 1 heterocycles. The Balaban J connectivity index is 2.28. The van der Waals surface area contributed by atoms with E-state index in [-0.39, 0.29) is 6.61 Å². The molecule has 0 aromatic rings. The molecule has 0 bridgehead atoms. The standard InChI is InChI=1S/C7H17N3O3S/c8-14(12,13)10-3-1-7(6-10)5-9-2-4-11/h7,9,11H,1-6H2,(H2,8,12,13). The number of hydrogen-bond donors (Lipinski definition) is 3. The van der Waals surface area contributed by atoms with Crippen LogP contribution in [-0.4, -0.2) is 50.6 Å². The fraction of sp³-hybridized carbons (Fsp3) is 1.00. The van der Waals surface area contributed by atoms with E-state index >= 15 is 0 Å². The second kappa shape index (κ2) is 5.04. The lowest BCUT2D eigenvalue weighted by molar-refractivity contribution is 0.288. The van der Waals surface area contributed by atoms with Gasteiger partial charge in [-0.15, -0.1) is 0 Å². The van der Waals surface area contributed by atoms with Gasteiger partial charge in [-0.3, -0.25) is 0 Å². The zero-order valence-corrected chi connectivity index (χ0v) is 8.83. The maximum absolute atomic E-state index is 11.0. The van der Waals surface area contributed by atoms with E-state index in [1.54, 1.807) is 0 Å². The molecular formula is C7H17N3O3S. The van der Waals surface area contributed by atoms with Crippen molar-refractivity contribution in [2.75, 3.05) is 32.8 Å². The van der Waals surface area contributed by atoms with E-state index in [0.29, 0.717) is 25.6 Å². The topological polar surface area (TPSA) is 95.7 Å². The molecule has 6 nitrogen and oxygen atoms in total. The molecule has 0 aromatic heterocycles. The summed E-state index contributed by atoms with van der Waals surface area (Å²) in [6.07, 6.45) is 0.828. The maximum Gasteiger partial charge on any atom is 0.276 e. The Morgan fingerprint density at radius 1 is 1.57 bits per heavy atom. The van der Waals surface area contributed by atoms with Crippen LogP contribution in [0, 0.1) is 5.92 Å². The summed E-state index contributed by atoms with van der Waals surface area (Å²) in [7, 11) is -3.51. The van der Waals surface area contributed by atoms with Crippen LogP contribution in [0.15, 0.2) is 0 Å². The number of aliphatic hydroxyl groups excluding tert-OH is 1. The van der Waals surface area contributed by atoms with Gasteiger partial charge in [0.2, 0.25) is 0 Å². The molecule has 0 aliphatic carbocycles. The normalized spacial score (nSPS) is 24.3. The Bertz CT molecular complexity index is 267. The van der Waals surface area contributed by atoms with Gasteiger partial charge >= 0.3 is 0 Å². The second-order valence-corrected chi connectivity index (χ2v) is 5.03. The third kappa shape index (κ3) is 3.50. The van der Waals surface area contributed by atoms with Crippen LogP contribution in [0.5, 0.6) is 0 Å². The van der Waals surface area contributed by atoms with Gasteiger partial charge in [0.05, 0.1) is 6.61 Å². The highest BCUT2D eigenvalue weighted by molar-refractivity contribution is 7.86. The first-order chi connectivity index (χ1) is 6.54. The molecule has 1 rings (SSSR count). The molecule has 4 N–H and O–H groups in total. The summed E-state index contributed by atoms with van der Waals surface area (Å²) in [5.41, 5.74) is 0. The van der Waals surface area contributed by atoms with E-state index in [1.165, 1.54) is 4.31 Å². The van der Waals surface area contributed by atoms with Crippen LogP contribution >= 0.6 is 0 Å². The molecule has 1 fully saturated rings. The lowest BCUT2D eigenvalue weighted by Gasteiger charge is -2.12. The molecule has 0 aromatic carbocycles. The molecule has 0 amide bonds. The smallest absolute Gasteiger partial charge is 0.276 e. The zero-order chi connectivity index (χ0) is 10.6. The van der Waals surface area contributed by atoms with Gasteiger partial charge in [-0.1, -0.05) is 0 Å². The highest BCUT2D eigenvalue weighted by atomic mass is 32.2. The number of aliphatic hydroxyl groups is 1. The average Bonchev–Trinajstić information content (AvgIpc) is 2.52. The van der Waals surface area contributed by atoms with Gasteiger partial charge in [0.1, 0.15) is 0 Å². The van der Waals surface area contributed by atoms with E-state index in [2.05, 4.69) is 5.32 Å². The van der Waals surface area contributed by atoms with E-state index in [0.717, 1.165) is 13.0 Å². The summed E-state index contributed by atoms with van der Waals surface area (Å²) in [5, 5.41) is 16.6. The Morgan fingerprint density at radius 3 is 2.79 bits per heavy atom. The molecule has 0 spiro atoms. The first-order valence-electron chi connectivity index (χ1n) is 4.63. The van der Waals surface area contributed by atoms with Crippen molar-refractivity contribution in [2.45, 2.75) is 6.42 Å². The highest BCUT2D eigenvalue weighted by Crippen LogP contribution is 2.16. The summed E-state index contributed by atoms with van der Waals surface area (Å²) in [6, 6.07) is 0. The van der Waals surface area contributed by atoms with Crippen molar-refractivity contribution >= 4 is 10.2 Å². The van der Waals surface area contributed by atoms with Gasteiger partial charge in [-0.2, -0.15) is 12.7 Å². The van der Waals surface area contributed by atoms with Crippen molar-refractivity contribution in [3.8, 4) is 0 Å². The minimum absolute atomic E-state index is 0.103. The van der Waals surface area contributed by atoms with Crippen molar-refractivity contribution in [3.63, 3.8) is 0 Å². The molecule has 14 heavy (non-hydrogen) atoms. The van der Waals surface area contributed by atoms with E-state index < -0.39 is 10.2 Å². The van der Waals surface area contributed by atoms with E-state index in [4.69, 9.17) is 10.2 Å². The van der Waals surface area contributed by atoms with Crippen molar-refractivity contribution in [1.82, 2.24) is 9.62 Å². The Hall–Kier alpha value is -0.210. The summed E-state index contributed by atoms with van der Waals surface area (Å²) in [6.45, 7) is 2.37. The monoisotopic (exact) mass is 223 g/mol. The Kier molecular flexibility index (Phi) is 4.27. The molecule has 1 unspecified atom stereocenters. The number of rotatable bonds is 5. The second-order valence-electron chi connectivity index (χ2n) is 3.49. The van der Waals surface area contributed by atoms with Gasteiger partial charge in [0, 0.05) is 19.6 Å². The van der Waals surface area contributed by atoms with Crippen LogP contribution in [0.25, 0.3) is 0 Å². The zero-order valence-electron chi connectivity index (χ0n) is 8.02. The Labute approximate surface area is 84.3 Å². The van der Waals surface area contributed by atoms with Gasteiger partial charge in [-0.05, 0) is 18.9 Å². The quantitative estimate of drug-likeness (QED) is 0.474. The molecule has 1 saturated heterocycles. The predicted octanol–water partition coefficient (Wildman–Crippen LogP) is -1.91. The summed E-state index contributed by atoms with van der Waals surface area (Å²) in [4.78, 5) is 0. The number of nitrogens with zero attached hydrogens (tertiary/aromatic N) is 1. The van der Waals surface area contributed by atoms with E-state index in [1.807, 2.05) is 0 Å². The molecule has 0 radical (unpaired) electrons. The summed E-state index contributed by atoms with van der Waals surface area (Å²) < 4.78 is 23.2. The molecular weight excluding hydrogens is 206 g/mol. The number of nitrogens with two attached hydrogens (primary N) is 1. The highest BCUT2D eigenvalue weighted by Gasteiger charge is 2.28. The van der Waals surface area contributed by atoms with Gasteiger partial charge in [0.15, 0.2) is 0 Å². The van der Waals surface area contributed by atoms with Gasteiger partial charge < -0.3 is 10.4 Å². The SMILES string of the molecule is NS(=O)(=O)N1CCC(CNCCO)C1. The third-order valence-electron chi connectivity index (χ3n) is 2.33.